The number of rotatable bonds is 6. The molecule has 0 amide bonds. The van der Waals surface area contributed by atoms with Gasteiger partial charge in [-0.3, -0.25) is 0 Å². The van der Waals surface area contributed by atoms with Crippen LogP contribution < -0.4 is 10.1 Å². The maximum Gasteiger partial charge on any atom is 0.131 e. The van der Waals surface area contributed by atoms with Gasteiger partial charge < -0.3 is 10.1 Å². The van der Waals surface area contributed by atoms with Crippen molar-refractivity contribution in [3.63, 3.8) is 0 Å². The van der Waals surface area contributed by atoms with Crippen molar-refractivity contribution in [1.29, 1.82) is 0 Å². The molecule has 0 aliphatic carbocycles. The van der Waals surface area contributed by atoms with E-state index in [0.717, 1.165) is 18.0 Å². The fraction of sp³-hybridized carbons (Fsp3) is 0.400. The summed E-state index contributed by atoms with van der Waals surface area (Å²) in [6.45, 7) is 5.73. The Bertz CT molecular complexity index is 505. The van der Waals surface area contributed by atoms with Crippen LogP contribution in [0, 0.1) is 0 Å². The third-order valence-electron chi connectivity index (χ3n) is 2.75. The molecule has 0 spiro atoms. The van der Waals surface area contributed by atoms with Crippen molar-refractivity contribution < 1.29 is 4.74 Å². The molecular formula is C15H20N2OS. The Labute approximate surface area is 118 Å². The van der Waals surface area contributed by atoms with E-state index in [1.54, 1.807) is 11.3 Å². The van der Waals surface area contributed by atoms with Gasteiger partial charge in [0.05, 0.1) is 10.7 Å². The van der Waals surface area contributed by atoms with E-state index < -0.39 is 0 Å². The SMILES string of the molecule is CNCc1ccc(OCc2csc(C(C)C)n2)cc1. The molecule has 2 aromatic rings. The average molecular weight is 276 g/mol. The molecule has 19 heavy (non-hydrogen) atoms. The lowest BCUT2D eigenvalue weighted by molar-refractivity contribution is 0.301. The van der Waals surface area contributed by atoms with Crippen LogP contribution in [0.3, 0.4) is 0 Å². The van der Waals surface area contributed by atoms with E-state index in [4.69, 9.17) is 4.74 Å². The van der Waals surface area contributed by atoms with E-state index >= 15 is 0 Å². The van der Waals surface area contributed by atoms with Gasteiger partial charge in [0.25, 0.3) is 0 Å². The van der Waals surface area contributed by atoms with Crippen LogP contribution in [-0.4, -0.2) is 12.0 Å². The highest BCUT2D eigenvalue weighted by molar-refractivity contribution is 7.09. The third kappa shape index (κ3) is 4.04. The monoisotopic (exact) mass is 276 g/mol. The molecule has 3 nitrogen and oxygen atoms in total. The Hall–Kier alpha value is -1.39. The number of nitrogens with zero attached hydrogens (tertiary/aromatic N) is 1. The van der Waals surface area contributed by atoms with E-state index in [0.29, 0.717) is 12.5 Å². The maximum absolute atomic E-state index is 5.74. The molecule has 1 heterocycles. The smallest absolute Gasteiger partial charge is 0.131 e. The van der Waals surface area contributed by atoms with Crippen LogP contribution >= 0.6 is 11.3 Å². The third-order valence-corrected chi connectivity index (χ3v) is 3.95. The van der Waals surface area contributed by atoms with Gasteiger partial charge >= 0.3 is 0 Å². The van der Waals surface area contributed by atoms with Crippen molar-refractivity contribution in [2.75, 3.05) is 7.05 Å². The number of hydrogen-bond donors (Lipinski definition) is 1. The zero-order valence-corrected chi connectivity index (χ0v) is 12.5. The number of nitrogens with one attached hydrogen (secondary N) is 1. The van der Waals surface area contributed by atoms with E-state index in [1.807, 2.05) is 19.2 Å². The first-order valence-corrected chi connectivity index (χ1v) is 7.37. The summed E-state index contributed by atoms with van der Waals surface area (Å²) in [7, 11) is 1.94. The summed E-state index contributed by atoms with van der Waals surface area (Å²) in [4.78, 5) is 4.56. The molecule has 102 valence electrons. The highest BCUT2D eigenvalue weighted by Crippen LogP contribution is 2.20. The molecule has 0 fully saturated rings. The summed E-state index contributed by atoms with van der Waals surface area (Å²) in [6, 6.07) is 8.16. The molecule has 0 atom stereocenters. The molecule has 0 aliphatic heterocycles. The fourth-order valence-corrected chi connectivity index (χ4v) is 2.54. The minimum Gasteiger partial charge on any atom is -0.487 e. The van der Waals surface area contributed by atoms with Gasteiger partial charge in [0.15, 0.2) is 0 Å². The summed E-state index contributed by atoms with van der Waals surface area (Å²) in [6.07, 6.45) is 0. The van der Waals surface area contributed by atoms with Gasteiger partial charge in [-0.25, -0.2) is 4.98 Å². The Kier molecular flexibility index (Phi) is 4.93. The van der Waals surface area contributed by atoms with Crippen molar-refractivity contribution in [2.45, 2.75) is 32.9 Å². The first-order valence-electron chi connectivity index (χ1n) is 6.49. The van der Waals surface area contributed by atoms with Crippen LogP contribution in [0.4, 0.5) is 0 Å². The second-order valence-corrected chi connectivity index (χ2v) is 5.68. The second-order valence-electron chi connectivity index (χ2n) is 4.79. The largest absolute Gasteiger partial charge is 0.487 e. The van der Waals surface area contributed by atoms with Crippen molar-refractivity contribution in [3.8, 4) is 5.75 Å². The predicted molar refractivity (Wildman–Crippen MR) is 79.7 cm³/mol. The zero-order valence-electron chi connectivity index (χ0n) is 11.6. The molecule has 1 aromatic carbocycles. The standard InChI is InChI=1S/C15H20N2OS/c1-11(2)15-17-13(10-19-15)9-18-14-6-4-12(5-7-14)8-16-3/h4-7,10-11,16H,8-9H2,1-3H3. The van der Waals surface area contributed by atoms with E-state index in [2.05, 4.69) is 41.7 Å². The minimum atomic E-state index is 0.486. The Morgan fingerprint density at radius 1 is 1.26 bits per heavy atom. The Balaban J connectivity index is 1.90. The maximum atomic E-state index is 5.74. The number of thiazole rings is 1. The average Bonchev–Trinajstić information content (AvgIpc) is 2.87. The van der Waals surface area contributed by atoms with Crippen LogP contribution in [0.25, 0.3) is 0 Å². The van der Waals surface area contributed by atoms with Gasteiger partial charge in [-0.15, -0.1) is 11.3 Å². The Morgan fingerprint density at radius 3 is 2.58 bits per heavy atom. The van der Waals surface area contributed by atoms with Gasteiger partial charge in [0, 0.05) is 17.8 Å². The predicted octanol–water partition coefficient (Wildman–Crippen LogP) is 3.56. The first kappa shape index (κ1) is 14.0. The molecule has 2 rings (SSSR count). The first-order chi connectivity index (χ1) is 9.19. The number of hydrogen-bond acceptors (Lipinski definition) is 4. The quantitative estimate of drug-likeness (QED) is 0.876. The summed E-state index contributed by atoms with van der Waals surface area (Å²) in [5.74, 6) is 1.37. The van der Waals surface area contributed by atoms with Gasteiger partial charge in [0.2, 0.25) is 0 Å². The van der Waals surface area contributed by atoms with Crippen LogP contribution in [0.15, 0.2) is 29.6 Å². The van der Waals surface area contributed by atoms with Crippen molar-refractivity contribution in [1.82, 2.24) is 10.3 Å². The molecular weight excluding hydrogens is 256 g/mol. The molecule has 0 bridgehead atoms. The van der Waals surface area contributed by atoms with E-state index in [1.165, 1.54) is 10.6 Å². The second kappa shape index (κ2) is 6.68. The molecule has 4 heteroatoms. The summed E-state index contributed by atoms with van der Waals surface area (Å²) < 4.78 is 5.74. The molecule has 1 N–H and O–H groups in total. The highest BCUT2D eigenvalue weighted by Gasteiger charge is 2.06. The summed E-state index contributed by atoms with van der Waals surface area (Å²) in [5, 5.41) is 6.37. The van der Waals surface area contributed by atoms with Crippen LogP contribution in [0.2, 0.25) is 0 Å². The molecule has 1 aromatic heterocycles. The van der Waals surface area contributed by atoms with Crippen molar-refractivity contribution in [2.24, 2.45) is 0 Å². The molecule has 0 saturated carbocycles. The normalized spacial score (nSPS) is 10.9. The topological polar surface area (TPSA) is 34.1 Å². The van der Waals surface area contributed by atoms with Gasteiger partial charge in [-0.1, -0.05) is 26.0 Å². The number of ether oxygens (including phenoxy) is 1. The van der Waals surface area contributed by atoms with Crippen molar-refractivity contribution >= 4 is 11.3 Å². The molecule has 0 unspecified atom stereocenters. The molecule has 0 aliphatic rings. The molecule has 0 radical (unpaired) electrons. The van der Waals surface area contributed by atoms with E-state index in [9.17, 15) is 0 Å². The number of aromatic nitrogens is 1. The van der Waals surface area contributed by atoms with Gasteiger partial charge in [-0.2, -0.15) is 0 Å². The Morgan fingerprint density at radius 2 is 2.00 bits per heavy atom. The van der Waals surface area contributed by atoms with Crippen molar-refractivity contribution in [3.05, 3.63) is 45.9 Å². The lowest BCUT2D eigenvalue weighted by Crippen LogP contribution is -2.04. The van der Waals surface area contributed by atoms with Crippen LogP contribution in [-0.2, 0) is 13.2 Å². The van der Waals surface area contributed by atoms with Gasteiger partial charge in [-0.05, 0) is 24.7 Å². The van der Waals surface area contributed by atoms with E-state index in [-0.39, 0.29) is 0 Å². The fourth-order valence-electron chi connectivity index (χ4n) is 1.72. The lowest BCUT2D eigenvalue weighted by Gasteiger charge is -2.05. The highest BCUT2D eigenvalue weighted by atomic mass is 32.1. The van der Waals surface area contributed by atoms with Gasteiger partial charge in [0.1, 0.15) is 12.4 Å². The minimum absolute atomic E-state index is 0.486. The summed E-state index contributed by atoms with van der Waals surface area (Å²) in [5.41, 5.74) is 2.26. The van der Waals surface area contributed by atoms with Crippen LogP contribution in [0.1, 0.15) is 36.0 Å². The molecule has 0 saturated heterocycles. The number of benzene rings is 1. The summed E-state index contributed by atoms with van der Waals surface area (Å²) >= 11 is 1.70. The zero-order chi connectivity index (χ0) is 13.7. The van der Waals surface area contributed by atoms with Crippen LogP contribution in [0.5, 0.6) is 5.75 Å². The lowest BCUT2D eigenvalue weighted by atomic mass is 10.2.